The fraction of sp³-hybridized carbons (Fsp3) is 0.533. The molecule has 0 fully saturated rings. The number of carbonyl (C=O) groups excluding carboxylic acids is 1. The Bertz CT molecular complexity index is 477. The van der Waals surface area contributed by atoms with Crippen molar-refractivity contribution in [3.63, 3.8) is 0 Å². The summed E-state index contributed by atoms with van der Waals surface area (Å²) in [4.78, 5) is 26.8. The van der Waals surface area contributed by atoms with E-state index >= 15 is 0 Å². The van der Waals surface area contributed by atoms with Crippen molar-refractivity contribution in [2.24, 2.45) is 0 Å². The highest BCUT2D eigenvalue weighted by molar-refractivity contribution is 5.98. The molecule has 0 bridgehead atoms. The van der Waals surface area contributed by atoms with Crippen LogP contribution in [-0.2, 0) is 0 Å². The molecular formula is C15H23N3O3. The fourth-order valence-corrected chi connectivity index (χ4v) is 2.11. The van der Waals surface area contributed by atoms with Gasteiger partial charge in [0.25, 0.3) is 0 Å². The smallest absolute Gasteiger partial charge is 0.356 e. The van der Waals surface area contributed by atoms with Crippen LogP contribution in [0.3, 0.4) is 0 Å². The zero-order valence-electron chi connectivity index (χ0n) is 12.6. The zero-order chi connectivity index (χ0) is 15.7. The monoisotopic (exact) mass is 293 g/mol. The summed E-state index contributed by atoms with van der Waals surface area (Å²) in [7, 11) is 0. The topological polar surface area (TPSA) is 91.3 Å². The maximum absolute atomic E-state index is 12.0. The normalized spacial score (nSPS) is 11.7. The Kier molecular flexibility index (Phi) is 7.21. The first-order chi connectivity index (χ1) is 10.1. The van der Waals surface area contributed by atoms with E-state index in [1.807, 2.05) is 0 Å². The Hall–Kier alpha value is -2.11. The van der Waals surface area contributed by atoms with Crippen molar-refractivity contribution in [2.45, 2.75) is 52.0 Å². The number of carbonyl (C=O) groups is 2. The molecule has 116 valence electrons. The number of pyridine rings is 1. The summed E-state index contributed by atoms with van der Waals surface area (Å²) >= 11 is 0. The van der Waals surface area contributed by atoms with Crippen molar-refractivity contribution in [2.75, 3.05) is 5.32 Å². The van der Waals surface area contributed by atoms with Crippen LogP contribution in [0.5, 0.6) is 0 Å². The van der Waals surface area contributed by atoms with E-state index in [0.717, 1.165) is 32.1 Å². The number of nitrogens with zero attached hydrogens (tertiary/aromatic N) is 1. The van der Waals surface area contributed by atoms with E-state index in [2.05, 4.69) is 29.5 Å². The van der Waals surface area contributed by atoms with Crippen LogP contribution in [0.15, 0.2) is 18.3 Å². The summed E-state index contributed by atoms with van der Waals surface area (Å²) in [6, 6.07) is 2.83. The van der Waals surface area contributed by atoms with Gasteiger partial charge in [-0.2, -0.15) is 0 Å². The summed E-state index contributed by atoms with van der Waals surface area (Å²) < 4.78 is 0. The van der Waals surface area contributed by atoms with Crippen molar-refractivity contribution in [1.29, 1.82) is 0 Å². The van der Waals surface area contributed by atoms with E-state index in [1.165, 1.54) is 12.3 Å². The number of hydrogen-bond donors (Lipinski definition) is 3. The van der Waals surface area contributed by atoms with E-state index in [-0.39, 0.29) is 23.5 Å². The molecule has 1 rings (SSSR count). The lowest BCUT2D eigenvalue weighted by Crippen LogP contribution is -2.38. The maximum Gasteiger partial charge on any atom is 0.356 e. The second-order valence-corrected chi connectivity index (χ2v) is 4.93. The first kappa shape index (κ1) is 16.9. The largest absolute Gasteiger partial charge is 0.476 e. The van der Waals surface area contributed by atoms with E-state index in [9.17, 15) is 9.59 Å². The average molecular weight is 293 g/mol. The quantitative estimate of drug-likeness (QED) is 0.686. The van der Waals surface area contributed by atoms with E-state index in [0.29, 0.717) is 0 Å². The minimum Gasteiger partial charge on any atom is -0.476 e. The van der Waals surface area contributed by atoms with Crippen LogP contribution in [0.2, 0.25) is 0 Å². The van der Waals surface area contributed by atoms with Crippen molar-refractivity contribution in [3.8, 4) is 0 Å². The Morgan fingerprint density at radius 3 is 2.67 bits per heavy atom. The second kappa shape index (κ2) is 8.94. The first-order valence-electron chi connectivity index (χ1n) is 7.34. The molecule has 0 radical (unpaired) electrons. The van der Waals surface area contributed by atoms with Gasteiger partial charge in [-0.3, -0.25) is 0 Å². The maximum atomic E-state index is 12.0. The van der Waals surface area contributed by atoms with Gasteiger partial charge >= 0.3 is 12.0 Å². The summed E-state index contributed by atoms with van der Waals surface area (Å²) in [6.45, 7) is 4.18. The van der Waals surface area contributed by atoms with Gasteiger partial charge in [0.05, 0.1) is 5.69 Å². The molecule has 6 nitrogen and oxygen atoms in total. The van der Waals surface area contributed by atoms with E-state index in [4.69, 9.17) is 5.11 Å². The standard InChI is InChI=1S/C15H23N3O3/c1-3-5-8-11(7-4-2)17-15(21)18-12-9-6-10-16-13(12)14(19)20/h6,9-11H,3-5,7-8H2,1-2H3,(H,19,20)(H2,17,18,21). The number of anilines is 1. The Morgan fingerprint density at radius 1 is 1.29 bits per heavy atom. The van der Waals surface area contributed by atoms with Crippen molar-refractivity contribution < 1.29 is 14.7 Å². The number of urea groups is 1. The Balaban J connectivity index is 2.65. The number of aromatic nitrogens is 1. The lowest BCUT2D eigenvalue weighted by Gasteiger charge is -2.18. The minimum absolute atomic E-state index is 0.111. The zero-order valence-corrected chi connectivity index (χ0v) is 12.6. The van der Waals surface area contributed by atoms with E-state index < -0.39 is 5.97 Å². The molecule has 0 aromatic carbocycles. The number of carboxylic acids is 1. The van der Waals surface area contributed by atoms with Crippen LogP contribution in [0.4, 0.5) is 10.5 Å². The molecule has 0 aliphatic rings. The molecule has 0 aliphatic carbocycles. The molecule has 3 N–H and O–H groups in total. The van der Waals surface area contributed by atoms with Crippen LogP contribution >= 0.6 is 0 Å². The van der Waals surface area contributed by atoms with Gasteiger partial charge in [-0.1, -0.05) is 33.1 Å². The van der Waals surface area contributed by atoms with Crippen LogP contribution in [-0.4, -0.2) is 28.1 Å². The third-order valence-corrected chi connectivity index (χ3v) is 3.14. The van der Waals surface area contributed by atoms with Gasteiger partial charge in [-0.05, 0) is 25.0 Å². The molecule has 1 aromatic heterocycles. The van der Waals surface area contributed by atoms with Crippen LogP contribution in [0.25, 0.3) is 0 Å². The second-order valence-electron chi connectivity index (χ2n) is 4.93. The molecule has 2 amide bonds. The SMILES string of the molecule is CCCCC(CCC)NC(=O)Nc1cccnc1C(=O)O. The summed E-state index contributed by atoms with van der Waals surface area (Å²) in [5.74, 6) is -1.16. The summed E-state index contributed by atoms with van der Waals surface area (Å²) in [5, 5.41) is 14.5. The Morgan fingerprint density at radius 2 is 2.05 bits per heavy atom. The van der Waals surface area contributed by atoms with Gasteiger partial charge in [0.2, 0.25) is 0 Å². The molecule has 0 aliphatic heterocycles. The van der Waals surface area contributed by atoms with Gasteiger partial charge < -0.3 is 15.7 Å². The van der Waals surface area contributed by atoms with Crippen molar-refractivity contribution in [3.05, 3.63) is 24.0 Å². The molecule has 0 spiro atoms. The van der Waals surface area contributed by atoms with Crippen molar-refractivity contribution >= 4 is 17.7 Å². The van der Waals surface area contributed by atoms with Gasteiger partial charge in [-0.15, -0.1) is 0 Å². The van der Waals surface area contributed by atoms with E-state index in [1.54, 1.807) is 6.07 Å². The van der Waals surface area contributed by atoms with Gasteiger partial charge in [0, 0.05) is 12.2 Å². The third kappa shape index (κ3) is 5.81. The lowest BCUT2D eigenvalue weighted by atomic mass is 10.1. The van der Waals surface area contributed by atoms with Gasteiger partial charge in [-0.25, -0.2) is 14.6 Å². The number of unbranched alkanes of at least 4 members (excludes halogenated alkanes) is 1. The number of carboxylic acid groups (broad SMARTS) is 1. The number of hydrogen-bond acceptors (Lipinski definition) is 3. The fourth-order valence-electron chi connectivity index (χ4n) is 2.11. The predicted molar refractivity (Wildman–Crippen MR) is 81.6 cm³/mol. The third-order valence-electron chi connectivity index (χ3n) is 3.14. The van der Waals surface area contributed by atoms with Crippen LogP contribution in [0.1, 0.15) is 56.4 Å². The van der Waals surface area contributed by atoms with Crippen LogP contribution < -0.4 is 10.6 Å². The minimum atomic E-state index is -1.16. The number of rotatable bonds is 8. The molecule has 1 atom stereocenters. The molecule has 6 heteroatoms. The summed E-state index contributed by atoms with van der Waals surface area (Å²) in [6.07, 6.45) is 6.34. The highest BCUT2D eigenvalue weighted by atomic mass is 16.4. The molecule has 1 unspecified atom stereocenters. The molecular weight excluding hydrogens is 270 g/mol. The highest BCUT2D eigenvalue weighted by Crippen LogP contribution is 2.12. The summed E-state index contributed by atoms with van der Waals surface area (Å²) in [5.41, 5.74) is 0.0430. The molecule has 1 aromatic rings. The number of nitrogens with one attached hydrogen (secondary N) is 2. The molecule has 21 heavy (non-hydrogen) atoms. The number of amides is 2. The average Bonchev–Trinajstić information content (AvgIpc) is 2.45. The predicted octanol–water partition coefficient (Wildman–Crippen LogP) is 3.26. The molecule has 0 saturated carbocycles. The number of aromatic carboxylic acids is 1. The van der Waals surface area contributed by atoms with Crippen LogP contribution in [0, 0.1) is 0 Å². The lowest BCUT2D eigenvalue weighted by molar-refractivity contribution is 0.0691. The Labute approximate surface area is 125 Å². The molecule has 1 heterocycles. The molecule has 0 saturated heterocycles. The van der Waals surface area contributed by atoms with Crippen molar-refractivity contribution in [1.82, 2.24) is 10.3 Å². The first-order valence-corrected chi connectivity index (χ1v) is 7.34. The van der Waals surface area contributed by atoms with Gasteiger partial charge in [0.15, 0.2) is 5.69 Å². The highest BCUT2D eigenvalue weighted by Gasteiger charge is 2.15. The van der Waals surface area contributed by atoms with Gasteiger partial charge in [0.1, 0.15) is 0 Å².